The molecule has 0 aromatic heterocycles. The lowest BCUT2D eigenvalue weighted by Crippen LogP contribution is -2.17. The smallest absolute Gasteiger partial charge is 0.273 e. The van der Waals surface area contributed by atoms with Gasteiger partial charge in [-0.15, -0.1) is 0 Å². The summed E-state index contributed by atoms with van der Waals surface area (Å²) < 4.78 is 0.999. The maximum absolute atomic E-state index is 11.0. The Morgan fingerprint density at radius 2 is 2.05 bits per heavy atom. The van der Waals surface area contributed by atoms with Gasteiger partial charge in [0.15, 0.2) is 0 Å². The molecule has 0 unspecified atom stereocenters. The second-order valence-corrected chi connectivity index (χ2v) is 5.44. The molecule has 21 heavy (non-hydrogen) atoms. The Labute approximate surface area is 130 Å². The van der Waals surface area contributed by atoms with Crippen molar-refractivity contribution in [2.24, 2.45) is 5.84 Å². The van der Waals surface area contributed by atoms with Gasteiger partial charge >= 0.3 is 0 Å². The van der Waals surface area contributed by atoms with E-state index in [1.807, 2.05) is 36.2 Å². The molecule has 2 aromatic carbocycles. The van der Waals surface area contributed by atoms with E-state index in [-0.39, 0.29) is 5.69 Å². The minimum Gasteiger partial charge on any atom is -0.370 e. The van der Waals surface area contributed by atoms with Crippen LogP contribution in [0.15, 0.2) is 46.9 Å². The number of nitrogens with two attached hydrogens (primary N) is 1. The Hall–Kier alpha value is -2.12. The maximum Gasteiger partial charge on any atom is 0.273 e. The Morgan fingerprint density at radius 3 is 2.67 bits per heavy atom. The largest absolute Gasteiger partial charge is 0.370 e. The summed E-state index contributed by atoms with van der Waals surface area (Å²) in [6, 6.07) is 12.5. The maximum atomic E-state index is 11.0. The van der Waals surface area contributed by atoms with Gasteiger partial charge in [-0.3, -0.25) is 16.0 Å². The average molecular weight is 351 g/mol. The summed E-state index contributed by atoms with van der Waals surface area (Å²) in [5.41, 5.74) is 4.76. The van der Waals surface area contributed by atoms with Crippen LogP contribution < -0.4 is 16.2 Å². The zero-order chi connectivity index (χ0) is 15.4. The Morgan fingerprint density at radius 1 is 1.33 bits per heavy atom. The number of nitro benzene ring substituents is 1. The van der Waals surface area contributed by atoms with Crippen LogP contribution in [0, 0.1) is 10.1 Å². The molecule has 0 saturated carbocycles. The molecule has 0 heterocycles. The molecule has 110 valence electrons. The molecule has 7 heteroatoms. The number of rotatable bonds is 5. The fourth-order valence-corrected chi connectivity index (χ4v) is 2.39. The second kappa shape index (κ2) is 6.55. The standard InChI is InChI=1S/C14H15BrN4O2/c1-18(9-10-4-2-3-5-14(10)15)12-6-11(17-16)7-13(8-12)19(20)21/h2-8,17H,9,16H2,1H3. The molecule has 0 aliphatic heterocycles. The average Bonchev–Trinajstić information content (AvgIpc) is 2.49. The van der Waals surface area contributed by atoms with E-state index in [2.05, 4.69) is 21.4 Å². The molecule has 3 N–H and O–H groups in total. The van der Waals surface area contributed by atoms with Crippen LogP contribution >= 0.6 is 15.9 Å². The van der Waals surface area contributed by atoms with E-state index in [1.54, 1.807) is 6.07 Å². The first-order chi connectivity index (χ1) is 10.0. The molecular formula is C14H15BrN4O2. The third-order valence-electron chi connectivity index (χ3n) is 3.09. The van der Waals surface area contributed by atoms with Crippen LogP contribution in [-0.2, 0) is 6.54 Å². The van der Waals surface area contributed by atoms with Gasteiger partial charge in [-0.25, -0.2) is 0 Å². The van der Waals surface area contributed by atoms with Crippen molar-refractivity contribution >= 4 is 33.0 Å². The molecular weight excluding hydrogens is 336 g/mol. The Balaban J connectivity index is 2.30. The predicted octanol–water partition coefficient (Wildman–Crippen LogP) is 3.28. The lowest BCUT2D eigenvalue weighted by molar-refractivity contribution is -0.384. The lowest BCUT2D eigenvalue weighted by atomic mass is 10.2. The highest BCUT2D eigenvalue weighted by Gasteiger charge is 2.13. The molecule has 2 rings (SSSR count). The number of halogens is 1. The van der Waals surface area contributed by atoms with E-state index in [4.69, 9.17) is 5.84 Å². The molecule has 0 fully saturated rings. The summed E-state index contributed by atoms with van der Waals surface area (Å²) in [5.74, 6) is 5.37. The summed E-state index contributed by atoms with van der Waals surface area (Å²) in [5, 5.41) is 11.0. The van der Waals surface area contributed by atoms with E-state index in [0.717, 1.165) is 10.0 Å². The second-order valence-electron chi connectivity index (χ2n) is 4.59. The number of non-ortho nitro benzene ring substituents is 1. The van der Waals surface area contributed by atoms with Crippen molar-refractivity contribution < 1.29 is 4.92 Å². The first-order valence-corrected chi connectivity index (χ1v) is 7.01. The quantitative estimate of drug-likeness (QED) is 0.491. The number of nitro groups is 1. The van der Waals surface area contributed by atoms with Crippen LogP contribution in [0.3, 0.4) is 0 Å². The first kappa shape index (κ1) is 15.3. The number of benzene rings is 2. The lowest BCUT2D eigenvalue weighted by Gasteiger charge is -2.20. The van der Waals surface area contributed by atoms with Crippen LogP contribution in [0.25, 0.3) is 0 Å². The third kappa shape index (κ3) is 3.71. The summed E-state index contributed by atoms with van der Waals surface area (Å²) in [4.78, 5) is 12.5. The van der Waals surface area contributed by atoms with Crippen molar-refractivity contribution in [2.45, 2.75) is 6.54 Å². The number of hydrogen-bond donors (Lipinski definition) is 2. The number of nitrogen functional groups attached to an aromatic ring is 1. The summed E-state index contributed by atoms with van der Waals surface area (Å²) in [6.45, 7) is 0.618. The van der Waals surface area contributed by atoms with Crippen molar-refractivity contribution in [1.82, 2.24) is 0 Å². The molecule has 0 spiro atoms. The Bertz CT molecular complexity index is 663. The number of hydrazine groups is 1. The summed E-state index contributed by atoms with van der Waals surface area (Å²) >= 11 is 3.50. The topological polar surface area (TPSA) is 84.4 Å². The van der Waals surface area contributed by atoms with E-state index in [0.29, 0.717) is 17.9 Å². The minimum absolute atomic E-state index is 0.000530. The fraction of sp³-hybridized carbons (Fsp3) is 0.143. The van der Waals surface area contributed by atoms with E-state index in [1.165, 1.54) is 12.1 Å². The van der Waals surface area contributed by atoms with Crippen molar-refractivity contribution in [3.05, 3.63) is 62.6 Å². The molecule has 6 nitrogen and oxygen atoms in total. The minimum atomic E-state index is -0.434. The number of nitrogens with one attached hydrogen (secondary N) is 1. The van der Waals surface area contributed by atoms with E-state index < -0.39 is 4.92 Å². The highest BCUT2D eigenvalue weighted by molar-refractivity contribution is 9.10. The summed E-state index contributed by atoms with van der Waals surface area (Å²) in [7, 11) is 1.87. The van der Waals surface area contributed by atoms with E-state index >= 15 is 0 Å². The molecule has 0 bridgehead atoms. The first-order valence-electron chi connectivity index (χ1n) is 6.22. The van der Waals surface area contributed by atoms with Gasteiger partial charge in [-0.05, 0) is 17.7 Å². The normalized spacial score (nSPS) is 10.2. The molecule has 0 atom stereocenters. The third-order valence-corrected chi connectivity index (χ3v) is 3.86. The molecule has 0 radical (unpaired) electrons. The molecule has 0 saturated heterocycles. The van der Waals surface area contributed by atoms with Crippen molar-refractivity contribution in [3.8, 4) is 0 Å². The molecule has 0 aliphatic rings. The number of hydrogen-bond acceptors (Lipinski definition) is 5. The van der Waals surface area contributed by atoms with Crippen molar-refractivity contribution in [1.29, 1.82) is 0 Å². The fourth-order valence-electron chi connectivity index (χ4n) is 1.98. The van der Waals surface area contributed by atoms with Crippen LogP contribution in [-0.4, -0.2) is 12.0 Å². The van der Waals surface area contributed by atoms with Crippen LogP contribution in [0.4, 0.5) is 17.1 Å². The highest BCUT2D eigenvalue weighted by Crippen LogP contribution is 2.28. The van der Waals surface area contributed by atoms with Gasteiger partial charge in [0.1, 0.15) is 0 Å². The molecule has 2 aromatic rings. The van der Waals surface area contributed by atoms with Crippen LogP contribution in [0.2, 0.25) is 0 Å². The number of nitrogens with zero attached hydrogens (tertiary/aromatic N) is 2. The number of anilines is 2. The van der Waals surface area contributed by atoms with Crippen LogP contribution in [0.1, 0.15) is 5.56 Å². The van der Waals surface area contributed by atoms with Crippen LogP contribution in [0.5, 0.6) is 0 Å². The monoisotopic (exact) mass is 350 g/mol. The van der Waals surface area contributed by atoms with Gasteiger partial charge in [0, 0.05) is 35.9 Å². The van der Waals surface area contributed by atoms with E-state index in [9.17, 15) is 10.1 Å². The molecule has 0 aliphatic carbocycles. The zero-order valence-corrected chi connectivity index (χ0v) is 13.0. The Kier molecular flexibility index (Phi) is 4.77. The van der Waals surface area contributed by atoms with Crippen molar-refractivity contribution in [3.63, 3.8) is 0 Å². The van der Waals surface area contributed by atoms with Gasteiger partial charge in [0.25, 0.3) is 5.69 Å². The summed E-state index contributed by atoms with van der Waals surface area (Å²) in [6.07, 6.45) is 0. The van der Waals surface area contributed by atoms with Gasteiger partial charge in [-0.1, -0.05) is 34.1 Å². The van der Waals surface area contributed by atoms with Gasteiger partial charge < -0.3 is 10.3 Å². The zero-order valence-electron chi connectivity index (χ0n) is 11.4. The predicted molar refractivity (Wildman–Crippen MR) is 87.2 cm³/mol. The van der Waals surface area contributed by atoms with Gasteiger partial charge in [-0.2, -0.15) is 0 Å². The molecule has 0 amide bonds. The van der Waals surface area contributed by atoms with Gasteiger partial charge in [0.05, 0.1) is 10.6 Å². The van der Waals surface area contributed by atoms with Crippen molar-refractivity contribution in [2.75, 3.05) is 17.4 Å². The highest BCUT2D eigenvalue weighted by atomic mass is 79.9. The SMILES string of the molecule is CN(Cc1ccccc1Br)c1cc(NN)cc([N+](=O)[O-])c1. The van der Waals surface area contributed by atoms with Gasteiger partial charge in [0.2, 0.25) is 0 Å².